The van der Waals surface area contributed by atoms with Crippen LogP contribution < -0.4 is 10.5 Å². The summed E-state index contributed by atoms with van der Waals surface area (Å²) in [4.78, 5) is 25.6. The zero-order chi connectivity index (χ0) is 17.0. The van der Waals surface area contributed by atoms with E-state index in [1.165, 1.54) is 38.5 Å². The van der Waals surface area contributed by atoms with Crippen molar-refractivity contribution < 1.29 is 14.3 Å². The monoisotopic (exact) mass is 330 g/mol. The Morgan fingerprint density at radius 2 is 1.71 bits per heavy atom. The quantitative estimate of drug-likeness (QED) is 0.922. The molecule has 1 saturated heterocycles. The van der Waals surface area contributed by atoms with E-state index in [4.69, 9.17) is 10.5 Å². The minimum absolute atomic E-state index is 0.0982. The van der Waals surface area contributed by atoms with Crippen LogP contribution >= 0.6 is 0 Å². The fourth-order valence-corrected chi connectivity index (χ4v) is 4.12. The summed E-state index contributed by atoms with van der Waals surface area (Å²) in [7, 11) is 0. The van der Waals surface area contributed by atoms with Gasteiger partial charge < -0.3 is 15.4 Å². The number of carbonyl (C=O) groups is 2. The van der Waals surface area contributed by atoms with Crippen LogP contribution in [0.1, 0.15) is 55.3 Å². The van der Waals surface area contributed by atoms with Crippen molar-refractivity contribution in [1.29, 1.82) is 0 Å². The van der Waals surface area contributed by atoms with Gasteiger partial charge in [0, 0.05) is 18.7 Å². The van der Waals surface area contributed by atoms with Crippen molar-refractivity contribution in [3.8, 4) is 5.75 Å². The van der Waals surface area contributed by atoms with Crippen LogP contribution in [0.15, 0.2) is 24.3 Å². The molecule has 5 heteroatoms. The third kappa shape index (κ3) is 3.89. The Labute approximate surface area is 143 Å². The van der Waals surface area contributed by atoms with Gasteiger partial charge in [0.15, 0.2) is 6.61 Å². The average Bonchev–Trinajstić information content (AvgIpc) is 2.60. The standard InChI is InChI=1S/C19H26N2O3/c20-17(22)13-24-16-7-5-15(6-8-16)18(23)21-12-4-11-19(14-21)9-2-1-3-10-19/h5-8H,1-4,9-14H2,(H2,20,22). The number of primary amides is 1. The molecule has 0 aromatic heterocycles. The summed E-state index contributed by atoms with van der Waals surface area (Å²) in [5.41, 5.74) is 6.09. The van der Waals surface area contributed by atoms with Crippen LogP contribution in [0.3, 0.4) is 0 Å². The number of hydrogen-bond donors (Lipinski definition) is 1. The van der Waals surface area contributed by atoms with Crippen LogP contribution in [-0.4, -0.2) is 36.4 Å². The number of amides is 2. The van der Waals surface area contributed by atoms with E-state index in [9.17, 15) is 9.59 Å². The Kier molecular flexibility index (Phi) is 5.07. The first kappa shape index (κ1) is 16.8. The first-order chi connectivity index (χ1) is 11.6. The van der Waals surface area contributed by atoms with Crippen LogP contribution in [0.4, 0.5) is 0 Å². The van der Waals surface area contributed by atoms with E-state index in [0.717, 1.165) is 19.5 Å². The number of carbonyl (C=O) groups excluding carboxylic acids is 2. The minimum atomic E-state index is -0.513. The molecule has 130 valence electrons. The van der Waals surface area contributed by atoms with Gasteiger partial charge in [-0.25, -0.2) is 0 Å². The second-order valence-electron chi connectivity index (χ2n) is 7.17. The van der Waals surface area contributed by atoms with E-state index < -0.39 is 5.91 Å². The fraction of sp³-hybridized carbons (Fsp3) is 0.579. The maximum absolute atomic E-state index is 12.8. The van der Waals surface area contributed by atoms with Crippen LogP contribution in [-0.2, 0) is 4.79 Å². The molecule has 1 spiro atoms. The number of ether oxygens (including phenoxy) is 1. The average molecular weight is 330 g/mol. The highest BCUT2D eigenvalue weighted by atomic mass is 16.5. The third-order valence-corrected chi connectivity index (χ3v) is 5.35. The molecule has 1 heterocycles. The van der Waals surface area contributed by atoms with E-state index in [1.54, 1.807) is 24.3 Å². The number of likely N-dealkylation sites (tertiary alicyclic amines) is 1. The molecule has 24 heavy (non-hydrogen) atoms. The lowest BCUT2D eigenvalue weighted by Crippen LogP contribution is -2.46. The summed E-state index contributed by atoms with van der Waals surface area (Å²) in [6, 6.07) is 6.97. The molecule has 0 atom stereocenters. The predicted molar refractivity (Wildman–Crippen MR) is 91.8 cm³/mol. The molecule has 2 fully saturated rings. The highest BCUT2D eigenvalue weighted by Crippen LogP contribution is 2.43. The molecule has 1 saturated carbocycles. The highest BCUT2D eigenvalue weighted by molar-refractivity contribution is 5.94. The van der Waals surface area contributed by atoms with Gasteiger partial charge in [-0.05, 0) is 55.4 Å². The Morgan fingerprint density at radius 1 is 1.04 bits per heavy atom. The van der Waals surface area contributed by atoms with Crippen molar-refractivity contribution in [2.45, 2.75) is 44.9 Å². The molecule has 0 unspecified atom stereocenters. The summed E-state index contributed by atoms with van der Waals surface area (Å²) in [5.74, 6) is 0.134. The lowest BCUT2D eigenvalue weighted by atomic mass is 9.69. The van der Waals surface area contributed by atoms with E-state index in [2.05, 4.69) is 0 Å². The number of piperidine rings is 1. The maximum Gasteiger partial charge on any atom is 0.255 e. The molecule has 2 aliphatic rings. The number of rotatable bonds is 4. The molecule has 1 aliphatic carbocycles. The highest BCUT2D eigenvalue weighted by Gasteiger charge is 2.37. The smallest absolute Gasteiger partial charge is 0.255 e. The molecular formula is C19H26N2O3. The number of nitrogens with two attached hydrogens (primary N) is 1. The van der Waals surface area contributed by atoms with Gasteiger partial charge in [0.1, 0.15) is 5.75 Å². The van der Waals surface area contributed by atoms with Crippen LogP contribution in [0, 0.1) is 5.41 Å². The Bertz CT molecular complexity index is 586. The lowest BCUT2D eigenvalue weighted by molar-refractivity contribution is -0.119. The molecule has 1 aromatic carbocycles. The topological polar surface area (TPSA) is 72.6 Å². The van der Waals surface area contributed by atoms with Crippen molar-refractivity contribution in [2.24, 2.45) is 11.1 Å². The number of hydrogen-bond acceptors (Lipinski definition) is 3. The molecule has 1 aromatic rings. The zero-order valence-corrected chi connectivity index (χ0v) is 14.1. The minimum Gasteiger partial charge on any atom is -0.484 e. The van der Waals surface area contributed by atoms with Crippen LogP contribution in [0.2, 0.25) is 0 Å². The summed E-state index contributed by atoms with van der Waals surface area (Å²) >= 11 is 0. The first-order valence-corrected chi connectivity index (χ1v) is 8.88. The van der Waals surface area contributed by atoms with Gasteiger partial charge in [-0.2, -0.15) is 0 Å². The lowest BCUT2D eigenvalue weighted by Gasteiger charge is -2.45. The number of nitrogens with zero attached hydrogens (tertiary/aromatic N) is 1. The Morgan fingerprint density at radius 3 is 2.38 bits per heavy atom. The normalized spacial score (nSPS) is 19.9. The van der Waals surface area contributed by atoms with Gasteiger partial charge >= 0.3 is 0 Å². The van der Waals surface area contributed by atoms with Crippen molar-refractivity contribution >= 4 is 11.8 Å². The maximum atomic E-state index is 12.8. The van der Waals surface area contributed by atoms with Gasteiger partial charge in [-0.1, -0.05) is 19.3 Å². The van der Waals surface area contributed by atoms with Crippen molar-refractivity contribution in [2.75, 3.05) is 19.7 Å². The molecule has 3 rings (SSSR count). The van der Waals surface area contributed by atoms with Gasteiger partial charge in [0.05, 0.1) is 0 Å². The summed E-state index contributed by atoms with van der Waals surface area (Å²) in [5, 5.41) is 0. The van der Waals surface area contributed by atoms with Crippen molar-refractivity contribution in [3.63, 3.8) is 0 Å². The largest absolute Gasteiger partial charge is 0.484 e. The summed E-state index contributed by atoms with van der Waals surface area (Å²) in [6.45, 7) is 1.59. The molecule has 0 bridgehead atoms. The molecular weight excluding hydrogens is 304 g/mol. The Balaban J connectivity index is 1.64. The van der Waals surface area contributed by atoms with E-state index in [-0.39, 0.29) is 12.5 Å². The van der Waals surface area contributed by atoms with E-state index >= 15 is 0 Å². The SMILES string of the molecule is NC(=O)COc1ccc(C(=O)N2CCCC3(CCCCC3)C2)cc1. The second-order valence-corrected chi connectivity index (χ2v) is 7.17. The third-order valence-electron chi connectivity index (χ3n) is 5.35. The predicted octanol–water partition coefficient (Wildman–Crippen LogP) is 2.74. The van der Waals surface area contributed by atoms with Crippen LogP contribution in [0.5, 0.6) is 5.75 Å². The second kappa shape index (κ2) is 7.24. The molecule has 2 amide bonds. The van der Waals surface area contributed by atoms with Crippen LogP contribution in [0.25, 0.3) is 0 Å². The van der Waals surface area contributed by atoms with E-state index in [0.29, 0.717) is 16.7 Å². The van der Waals surface area contributed by atoms with Crippen molar-refractivity contribution in [3.05, 3.63) is 29.8 Å². The molecule has 2 N–H and O–H groups in total. The van der Waals surface area contributed by atoms with E-state index in [1.807, 2.05) is 4.90 Å². The summed E-state index contributed by atoms with van der Waals surface area (Å²) < 4.78 is 5.24. The van der Waals surface area contributed by atoms with Gasteiger partial charge in [-0.15, -0.1) is 0 Å². The van der Waals surface area contributed by atoms with Gasteiger partial charge in [0.25, 0.3) is 11.8 Å². The van der Waals surface area contributed by atoms with Gasteiger partial charge in [-0.3, -0.25) is 9.59 Å². The molecule has 1 aliphatic heterocycles. The van der Waals surface area contributed by atoms with Gasteiger partial charge in [0.2, 0.25) is 0 Å². The summed E-state index contributed by atoms with van der Waals surface area (Å²) in [6.07, 6.45) is 8.82. The number of benzene rings is 1. The zero-order valence-electron chi connectivity index (χ0n) is 14.1. The molecule has 0 radical (unpaired) electrons. The fourth-order valence-electron chi connectivity index (χ4n) is 4.12. The first-order valence-electron chi connectivity index (χ1n) is 8.88. The molecule has 5 nitrogen and oxygen atoms in total. The Hall–Kier alpha value is -2.04. The van der Waals surface area contributed by atoms with Crippen molar-refractivity contribution in [1.82, 2.24) is 4.90 Å².